The Morgan fingerprint density at radius 3 is 2.29 bits per heavy atom. The Morgan fingerprint density at radius 1 is 0.905 bits per heavy atom. The van der Waals surface area contributed by atoms with E-state index in [1.165, 1.54) is 41.3 Å². The van der Waals surface area contributed by atoms with Gasteiger partial charge < -0.3 is 0 Å². The van der Waals surface area contributed by atoms with Crippen molar-refractivity contribution in [2.45, 2.75) is 31.1 Å². The third-order valence-corrected chi connectivity index (χ3v) is 6.08. The number of fused-ring (bicyclic) bond motifs is 1. The van der Waals surface area contributed by atoms with Crippen LogP contribution in [0.1, 0.15) is 34.6 Å². The van der Waals surface area contributed by atoms with Crippen LogP contribution in [-0.4, -0.2) is 6.16 Å². The van der Waals surface area contributed by atoms with Crippen molar-refractivity contribution in [1.29, 1.82) is 0 Å². The summed E-state index contributed by atoms with van der Waals surface area (Å²) in [5.74, 6) is 0.729. The summed E-state index contributed by atoms with van der Waals surface area (Å²) in [7, 11) is 8.62. The molecule has 0 fully saturated rings. The lowest BCUT2D eigenvalue weighted by Gasteiger charge is -2.16. The maximum atomic E-state index is 2.94. The van der Waals surface area contributed by atoms with Crippen LogP contribution >= 0.6 is 27.7 Å². The molecule has 0 bridgehead atoms. The van der Waals surface area contributed by atoms with Gasteiger partial charge in [0.05, 0.1) is 0 Å². The molecule has 1 aliphatic carbocycles. The monoisotopic (exact) mass is 332 g/mol. The first-order chi connectivity index (χ1) is 10.3. The van der Waals surface area contributed by atoms with Crippen molar-refractivity contribution in [2.24, 2.45) is 0 Å². The fraction of sp³-hybridized carbons (Fsp3) is 0.333. The smallest absolute Gasteiger partial charge is 0.0118 e. The molecule has 2 aromatic rings. The second-order valence-corrected chi connectivity index (χ2v) is 7.03. The maximum Gasteiger partial charge on any atom is -0.0118 e. The van der Waals surface area contributed by atoms with Crippen LogP contribution in [0.2, 0.25) is 0 Å². The molecule has 21 heavy (non-hydrogen) atoms. The molecule has 1 aliphatic rings. The Kier molecular flexibility index (Phi) is 5.11. The SMILES string of the molecule is PCc1ccc(-c2ccc(CP)c3c2CCC3CP)cc1. The van der Waals surface area contributed by atoms with Gasteiger partial charge in [0.2, 0.25) is 0 Å². The molecule has 0 aliphatic heterocycles. The second-order valence-electron chi connectivity index (χ2n) is 5.74. The van der Waals surface area contributed by atoms with Gasteiger partial charge in [-0.3, -0.25) is 0 Å². The number of rotatable bonds is 4. The quantitative estimate of drug-likeness (QED) is 0.691. The van der Waals surface area contributed by atoms with Crippen molar-refractivity contribution in [3.63, 3.8) is 0 Å². The van der Waals surface area contributed by atoms with Gasteiger partial charge in [-0.1, -0.05) is 36.4 Å². The number of hydrogen-bond acceptors (Lipinski definition) is 0. The Hall–Kier alpha value is -0.270. The van der Waals surface area contributed by atoms with Crippen molar-refractivity contribution in [1.82, 2.24) is 0 Å². The third-order valence-electron chi connectivity index (χ3n) is 4.60. The molecule has 0 spiro atoms. The zero-order chi connectivity index (χ0) is 14.8. The second kappa shape index (κ2) is 6.87. The minimum Gasteiger partial charge on any atom is -0.137 e. The van der Waals surface area contributed by atoms with Crippen LogP contribution in [0.25, 0.3) is 11.1 Å². The lowest BCUT2D eigenvalue weighted by Crippen LogP contribution is -2.00. The summed E-state index contributed by atoms with van der Waals surface area (Å²) in [6.45, 7) is 0. The van der Waals surface area contributed by atoms with Crippen molar-refractivity contribution >= 4 is 27.7 Å². The van der Waals surface area contributed by atoms with Crippen LogP contribution in [0.3, 0.4) is 0 Å². The predicted molar refractivity (Wildman–Crippen MR) is 104 cm³/mol. The molecular formula is C18H23P3. The van der Waals surface area contributed by atoms with Crippen LogP contribution in [0.5, 0.6) is 0 Å². The molecular weight excluding hydrogens is 309 g/mol. The van der Waals surface area contributed by atoms with Crippen LogP contribution in [0.15, 0.2) is 36.4 Å². The fourth-order valence-corrected chi connectivity index (χ4v) is 4.56. The van der Waals surface area contributed by atoms with Crippen LogP contribution in [0.4, 0.5) is 0 Å². The topological polar surface area (TPSA) is 0 Å². The van der Waals surface area contributed by atoms with Gasteiger partial charge in [-0.05, 0) is 70.6 Å². The van der Waals surface area contributed by atoms with E-state index in [9.17, 15) is 0 Å². The molecule has 0 heterocycles. The molecule has 0 N–H and O–H groups in total. The average Bonchev–Trinajstić information content (AvgIpc) is 2.98. The van der Waals surface area contributed by atoms with Crippen molar-refractivity contribution in [3.05, 3.63) is 58.7 Å². The van der Waals surface area contributed by atoms with Crippen molar-refractivity contribution in [2.75, 3.05) is 6.16 Å². The maximum absolute atomic E-state index is 2.94. The molecule has 110 valence electrons. The Labute approximate surface area is 135 Å². The first-order valence-corrected chi connectivity index (χ1v) is 10.1. The summed E-state index contributed by atoms with van der Waals surface area (Å²) in [5.41, 5.74) is 8.94. The van der Waals surface area contributed by atoms with Gasteiger partial charge in [-0.25, -0.2) is 0 Å². The van der Waals surface area contributed by atoms with Crippen LogP contribution in [0, 0.1) is 0 Å². The van der Waals surface area contributed by atoms with Gasteiger partial charge in [-0.2, -0.15) is 0 Å². The van der Waals surface area contributed by atoms with Gasteiger partial charge in [0.25, 0.3) is 0 Å². The van der Waals surface area contributed by atoms with E-state index in [4.69, 9.17) is 0 Å². The summed E-state index contributed by atoms with van der Waals surface area (Å²) in [6, 6.07) is 13.7. The fourth-order valence-electron chi connectivity index (χ4n) is 3.46. The molecule has 0 nitrogen and oxygen atoms in total. The van der Waals surface area contributed by atoms with Gasteiger partial charge >= 0.3 is 0 Å². The molecule has 3 rings (SSSR count). The molecule has 3 heteroatoms. The zero-order valence-electron chi connectivity index (χ0n) is 12.3. The number of hydrogen-bond donors (Lipinski definition) is 0. The largest absolute Gasteiger partial charge is 0.137 e. The summed E-state index contributed by atoms with van der Waals surface area (Å²) in [5, 5.41) is 0. The molecule has 4 unspecified atom stereocenters. The highest BCUT2D eigenvalue weighted by Crippen LogP contribution is 2.42. The highest BCUT2D eigenvalue weighted by Gasteiger charge is 2.26. The summed E-state index contributed by atoms with van der Waals surface area (Å²) < 4.78 is 0. The molecule has 0 amide bonds. The normalized spacial score (nSPS) is 17.0. The first kappa shape index (κ1) is 15.6. The van der Waals surface area contributed by atoms with E-state index in [0.29, 0.717) is 0 Å². The lowest BCUT2D eigenvalue weighted by molar-refractivity contribution is 0.754. The van der Waals surface area contributed by atoms with Gasteiger partial charge in [0.1, 0.15) is 0 Å². The first-order valence-electron chi connectivity index (χ1n) is 7.62. The van der Waals surface area contributed by atoms with Gasteiger partial charge in [0.15, 0.2) is 0 Å². The van der Waals surface area contributed by atoms with E-state index in [1.54, 1.807) is 11.1 Å². The molecule has 4 atom stereocenters. The zero-order valence-corrected chi connectivity index (χ0v) is 15.8. The summed E-state index contributed by atoms with van der Waals surface area (Å²) >= 11 is 0. The Morgan fingerprint density at radius 2 is 1.67 bits per heavy atom. The highest BCUT2D eigenvalue weighted by molar-refractivity contribution is 7.16. The highest BCUT2D eigenvalue weighted by atomic mass is 31.0. The van der Waals surface area contributed by atoms with E-state index < -0.39 is 0 Å². The standard InChI is InChI=1S/C18H23P3/c19-9-12-1-3-13(4-2-12)16-7-5-14(10-20)18-15(11-21)6-8-17(16)18/h1-5,7,15H,6,8-11,19-21H2. The van der Waals surface area contributed by atoms with Crippen LogP contribution < -0.4 is 0 Å². The van der Waals surface area contributed by atoms with E-state index in [0.717, 1.165) is 18.2 Å². The minimum absolute atomic E-state index is 0.729. The van der Waals surface area contributed by atoms with E-state index >= 15 is 0 Å². The third kappa shape index (κ3) is 2.97. The van der Waals surface area contributed by atoms with Gasteiger partial charge in [0, 0.05) is 0 Å². The van der Waals surface area contributed by atoms with Gasteiger partial charge in [-0.15, -0.1) is 27.7 Å². The Balaban J connectivity index is 2.09. The lowest BCUT2D eigenvalue weighted by atomic mass is 9.91. The van der Waals surface area contributed by atoms with E-state index in [2.05, 4.69) is 64.1 Å². The van der Waals surface area contributed by atoms with E-state index in [1.807, 2.05) is 0 Å². The molecule has 0 radical (unpaired) electrons. The Bertz CT molecular complexity index is 632. The summed E-state index contributed by atoms with van der Waals surface area (Å²) in [4.78, 5) is 0. The molecule has 0 saturated carbocycles. The predicted octanol–water partition coefficient (Wildman–Crippen LogP) is 5.01. The molecule has 0 saturated heterocycles. The van der Waals surface area contributed by atoms with Crippen molar-refractivity contribution < 1.29 is 0 Å². The molecule has 0 aromatic heterocycles. The minimum atomic E-state index is 0.729. The van der Waals surface area contributed by atoms with E-state index in [-0.39, 0.29) is 0 Å². The van der Waals surface area contributed by atoms with Crippen molar-refractivity contribution in [3.8, 4) is 11.1 Å². The molecule has 2 aromatic carbocycles. The van der Waals surface area contributed by atoms with Crippen LogP contribution in [-0.2, 0) is 18.7 Å². The summed E-state index contributed by atoms with van der Waals surface area (Å²) in [6.07, 6.45) is 5.81. The number of benzene rings is 2. The average molecular weight is 332 g/mol.